The first-order valence-corrected chi connectivity index (χ1v) is 11.8. The lowest BCUT2D eigenvalue weighted by molar-refractivity contribution is -0.141. The van der Waals surface area contributed by atoms with E-state index in [9.17, 15) is 19.8 Å². The molecule has 0 radical (unpaired) electrons. The van der Waals surface area contributed by atoms with Crippen LogP contribution >= 0.6 is 11.3 Å². The maximum atomic E-state index is 12.9. The molecular weight excluding hydrogens is 426 g/mol. The van der Waals surface area contributed by atoms with Crippen molar-refractivity contribution in [3.8, 4) is 0 Å². The Kier molecular flexibility index (Phi) is 9.81. The molecule has 0 aliphatic carbocycles. The number of rotatable bonds is 12. The van der Waals surface area contributed by atoms with E-state index in [0.29, 0.717) is 30.2 Å². The number of carbonyl (C=O) groups is 2. The monoisotopic (exact) mass is 461 g/mol. The quantitative estimate of drug-likeness (QED) is 0.446. The first-order valence-electron chi connectivity index (χ1n) is 11.0. The van der Waals surface area contributed by atoms with Crippen LogP contribution in [0.5, 0.6) is 0 Å². The fourth-order valence-electron chi connectivity index (χ4n) is 3.83. The van der Waals surface area contributed by atoms with Crippen LogP contribution in [0.3, 0.4) is 0 Å². The zero-order valence-corrected chi connectivity index (χ0v) is 20.3. The number of aliphatic hydroxyl groups excluding tert-OH is 1. The van der Waals surface area contributed by atoms with Crippen molar-refractivity contribution >= 4 is 23.2 Å². The lowest BCUT2D eigenvalue weighted by Crippen LogP contribution is -2.38. The second-order valence-electron chi connectivity index (χ2n) is 8.93. The van der Waals surface area contributed by atoms with Crippen LogP contribution in [0.4, 0.5) is 0 Å². The molecule has 7 nitrogen and oxygen atoms in total. The molecule has 4 unspecified atom stereocenters. The van der Waals surface area contributed by atoms with Crippen molar-refractivity contribution < 1.29 is 19.8 Å². The van der Waals surface area contributed by atoms with Gasteiger partial charge in [0, 0.05) is 17.5 Å². The van der Waals surface area contributed by atoms with Gasteiger partial charge < -0.3 is 20.4 Å². The summed E-state index contributed by atoms with van der Waals surface area (Å²) in [7, 11) is 3.98. The van der Waals surface area contributed by atoms with E-state index in [0.717, 1.165) is 5.56 Å². The zero-order chi connectivity index (χ0) is 23.8. The Labute approximate surface area is 194 Å². The van der Waals surface area contributed by atoms with Gasteiger partial charge in [0.1, 0.15) is 16.8 Å². The Morgan fingerprint density at radius 3 is 2.34 bits per heavy atom. The van der Waals surface area contributed by atoms with Crippen LogP contribution in [0.1, 0.15) is 60.8 Å². The van der Waals surface area contributed by atoms with Gasteiger partial charge in [0.15, 0.2) is 0 Å². The third-order valence-corrected chi connectivity index (χ3v) is 6.60. The Hall–Kier alpha value is -2.29. The molecule has 0 bridgehead atoms. The largest absolute Gasteiger partial charge is 0.481 e. The minimum absolute atomic E-state index is 0.193. The molecule has 2 rings (SSSR count). The average molecular weight is 462 g/mol. The number of carbonyl (C=O) groups excluding carboxylic acids is 1. The summed E-state index contributed by atoms with van der Waals surface area (Å²) in [5.41, 5.74) is 1.27. The van der Waals surface area contributed by atoms with E-state index in [1.165, 1.54) is 11.3 Å². The normalized spacial score (nSPS) is 15.4. The molecule has 4 atom stereocenters. The first-order chi connectivity index (χ1) is 15.1. The number of carboxylic acid groups (broad SMARTS) is 1. The number of hydrogen-bond donors (Lipinski definition) is 3. The molecule has 0 aliphatic rings. The lowest BCUT2D eigenvalue weighted by Gasteiger charge is -2.29. The Morgan fingerprint density at radius 1 is 1.12 bits per heavy atom. The van der Waals surface area contributed by atoms with E-state index in [1.54, 1.807) is 12.3 Å². The predicted molar refractivity (Wildman–Crippen MR) is 127 cm³/mol. The van der Waals surface area contributed by atoms with Crippen molar-refractivity contribution in [3.63, 3.8) is 0 Å². The van der Waals surface area contributed by atoms with Crippen LogP contribution < -0.4 is 5.32 Å². The number of aliphatic carboxylic acids is 1. The molecule has 0 saturated heterocycles. The summed E-state index contributed by atoms with van der Waals surface area (Å²) in [6.07, 6.45) is 0.631. The Morgan fingerprint density at radius 2 is 1.78 bits per heavy atom. The molecule has 0 aliphatic heterocycles. The van der Waals surface area contributed by atoms with Crippen molar-refractivity contribution in [1.29, 1.82) is 0 Å². The number of amides is 1. The van der Waals surface area contributed by atoms with E-state index >= 15 is 0 Å². The van der Waals surface area contributed by atoms with Gasteiger partial charge in [-0.2, -0.15) is 0 Å². The van der Waals surface area contributed by atoms with E-state index < -0.39 is 18.0 Å². The molecule has 0 saturated carbocycles. The number of nitrogens with one attached hydrogen (secondary N) is 1. The molecule has 1 heterocycles. The molecule has 32 heavy (non-hydrogen) atoms. The van der Waals surface area contributed by atoms with E-state index in [-0.39, 0.29) is 23.7 Å². The van der Waals surface area contributed by atoms with Crippen molar-refractivity contribution in [2.75, 3.05) is 14.1 Å². The van der Waals surface area contributed by atoms with Crippen molar-refractivity contribution in [2.45, 2.75) is 58.2 Å². The third kappa shape index (κ3) is 7.69. The second-order valence-corrected chi connectivity index (χ2v) is 9.82. The highest BCUT2D eigenvalue weighted by Crippen LogP contribution is 2.26. The molecular formula is C24H35N3O4S. The van der Waals surface area contributed by atoms with Crippen LogP contribution in [0, 0.1) is 11.8 Å². The van der Waals surface area contributed by atoms with Gasteiger partial charge in [-0.05, 0) is 44.8 Å². The van der Waals surface area contributed by atoms with Gasteiger partial charge in [-0.3, -0.25) is 9.59 Å². The summed E-state index contributed by atoms with van der Waals surface area (Å²) in [4.78, 5) is 30.7. The minimum Gasteiger partial charge on any atom is -0.481 e. The number of carboxylic acids is 1. The standard InChI is InChI=1S/C24H35N3O4S/c1-15(2)20(27(4)5)13-21(28)23-26-19(14-32-23)22(29)25-18(11-16(3)24(30)31)12-17-9-7-6-8-10-17/h6-10,14-16,18,20-21,28H,11-13H2,1-5H3,(H,25,29)(H,30,31). The van der Waals surface area contributed by atoms with Crippen LogP contribution in [-0.4, -0.2) is 58.2 Å². The summed E-state index contributed by atoms with van der Waals surface area (Å²) >= 11 is 1.27. The molecule has 1 amide bonds. The van der Waals surface area contributed by atoms with Crippen LogP contribution in [-0.2, 0) is 11.2 Å². The summed E-state index contributed by atoms with van der Waals surface area (Å²) in [6, 6.07) is 9.51. The first kappa shape index (κ1) is 26.0. The smallest absolute Gasteiger partial charge is 0.306 e. The Balaban J connectivity index is 2.09. The predicted octanol–water partition coefficient (Wildman–Crippen LogP) is 3.60. The minimum atomic E-state index is -0.892. The summed E-state index contributed by atoms with van der Waals surface area (Å²) < 4.78 is 0. The zero-order valence-electron chi connectivity index (χ0n) is 19.5. The van der Waals surface area contributed by atoms with E-state index in [1.807, 2.05) is 44.4 Å². The number of aromatic nitrogens is 1. The van der Waals surface area contributed by atoms with Crippen LogP contribution in [0.15, 0.2) is 35.7 Å². The van der Waals surface area contributed by atoms with Crippen molar-refractivity contribution in [3.05, 3.63) is 52.0 Å². The highest BCUT2D eigenvalue weighted by molar-refractivity contribution is 7.09. The Bertz CT molecular complexity index is 861. The molecule has 3 N–H and O–H groups in total. The average Bonchev–Trinajstić information content (AvgIpc) is 3.22. The molecule has 1 aromatic heterocycles. The lowest BCUT2D eigenvalue weighted by atomic mass is 9.96. The topological polar surface area (TPSA) is 103 Å². The highest BCUT2D eigenvalue weighted by Gasteiger charge is 2.25. The molecule has 2 aromatic rings. The molecule has 0 spiro atoms. The number of nitrogens with zero attached hydrogens (tertiary/aromatic N) is 2. The van der Waals surface area contributed by atoms with Gasteiger partial charge in [0.05, 0.1) is 5.92 Å². The summed E-state index contributed by atoms with van der Waals surface area (Å²) in [5, 5.41) is 25.1. The highest BCUT2D eigenvalue weighted by atomic mass is 32.1. The maximum absolute atomic E-state index is 12.9. The molecule has 176 valence electrons. The fraction of sp³-hybridized carbons (Fsp3) is 0.542. The van der Waals surface area contributed by atoms with Crippen LogP contribution in [0.25, 0.3) is 0 Å². The maximum Gasteiger partial charge on any atom is 0.306 e. The van der Waals surface area contributed by atoms with Gasteiger partial charge in [-0.1, -0.05) is 51.1 Å². The molecule has 8 heteroatoms. The number of benzene rings is 1. The molecule has 1 aromatic carbocycles. The van der Waals surface area contributed by atoms with E-state index in [2.05, 4.69) is 29.0 Å². The van der Waals surface area contributed by atoms with Crippen molar-refractivity contribution in [1.82, 2.24) is 15.2 Å². The van der Waals surface area contributed by atoms with E-state index in [4.69, 9.17) is 0 Å². The van der Waals surface area contributed by atoms with Gasteiger partial charge in [-0.15, -0.1) is 11.3 Å². The van der Waals surface area contributed by atoms with Crippen molar-refractivity contribution in [2.24, 2.45) is 11.8 Å². The number of aliphatic hydroxyl groups is 1. The summed E-state index contributed by atoms with van der Waals surface area (Å²) in [6.45, 7) is 5.87. The number of hydrogen-bond acceptors (Lipinski definition) is 6. The molecule has 0 fully saturated rings. The second kappa shape index (κ2) is 12.1. The van der Waals surface area contributed by atoms with Gasteiger partial charge >= 0.3 is 5.97 Å². The van der Waals surface area contributed by atoms with Gasteiger partial charge in [0.25, 0.3) is 5.91 Å². The fourth-order valence-corrected chi connectivity index (χ4v) is 4.63. The third-order valence-electron chi connectivity index (χ3n) is 5.66. The summed E-state index contributed by atoms with van der Waals surface area (Å²) in [5.74, 6) is -1.46. The SMILES string of the molecule is CC(CC(Cc1ccccc1)NC(=O)c1csc(C(O)CC(C(C)C)N(C)C)n1)C(=O)O. The van der Waals surface area contributed by atoms with Gasteiger partial charge in [0.2, 0.25) is 0 Å². The van der Waals surface area contributed by atoms with Gasteiger partial charge in [-0.25, -0.2) is 4.98 Å². The van der Waals surface area contributed by atoms with Crippen LogP contribution in [0.2, 0.25) is 0 Å². The number of thiazole rings is 1.